The summed E-state index contributed by atoms with van der Waals surface area (Å²) in [5.74, 6) is -1.82. The zero-order valence-corrected chi connectivity index (χ0v) is 19.0. The number of hydrogen-bond donors (Lipinski definition) is 2. The van der Waals surface area contributed by atoms with E-state index in [0.717, 1.165) is 5.56 Å². The molecule has 32 heavy (non-hydrogen) atoms. The first kappa shape index (κ1) is 24.6. The molecule has 2 N–H and O–H groups in total. The van der Waals surface area contributed by atoms with Crippen LogP contribution in [0.5, 0.6) is 0 Å². The second-order valence-electron chi connectivity index (χ2n) is 8.50. The Morgan fingerprint density at radius 1 is 0.875 bits per heavy atom. The minimum Gasteiger partial charge on any atom is -0.454 e. The van der Waals surface area contributed by atoms with Gasteiger partial charge in [0.25, 0.3) is 17.7 Å². The van der Waals surface area contributed by atoms with Crippen LogP contribution in [0.25, 0.3) is 0 Å². The van der Waals surface area contributed by atoms with Gasteiger partial charge in [0.1, 0.15) is 6.54 Å². The SMILES string of the molecule is CN(C)C(=O)c1ccc(NC(=O)COC(=O)CNC(=O)c2ccc(C(C)(C)C)cc2)cc1. The number of nitrogens with one attached hydrogen (secondary N) is 2. The molecule has 0 unspecified atom stereocenters. The maximum Gasteiger partial charge on any atom is 0.325 e. The van der Waals surface area contributed by atoms with Gasteiger partial charge in [0.15, 0.2) is 6.61 Å². The summed E-state index contributed by atoms with van der Waals surface area (Å²) in [4.78, 5) is 49.3. The predicted octanol–water partition coefficient (Wildman–Crippen LogP) is 2.60. The summed E-state index contributed by atoms with van der Waals surface area (Å²) in [6, 6.07) is 13.5. The van der Waals surface area contributed by atoms with Crippen LogP contribution in [0.4, 0.5) is 5.69 Å². The van der Waals surface area contributed by atoms with Gasteiger partial charge < -0.3 is 20.3 Å². The molecule has 0 spiro atoms. The fraction of sp³-hybridized carbons (Fsp3) is 0.333. The summed E-state index contributed by atoms with van der Waals surface area (Å²) in [5, 5.41) is 5.05. The lowest BCUT2D eigenvalue weighted by molar-refractivity contribution is -0.146. The van der Waals surface area contributed by atoms with E-state index in [1.807, 2.05) is 12.1 Å². The molecule has 170 valence electrons. The van der Waals surface area contributed by atoms with E-state index in [2.05, 4.69) is 31.4 Å². The van der Waals surface area contributed by atoms with E-state index in [-0.39, 0.29) is 17.9 Å². The molecular weight excluding hydrogens is 410 g/mol. The smallest absolute Gasteiger partial charge is 0.325 e. The van der Waals surface area contributed by atoms with Gasteiger partial charge in [-0.3, -0.25) is 19.2 Å². The van der Waals surface area contributed by atoms with Crippen LogP contribution in [0.3, 0.4) is 0 Å². The number of amides is 3. The first-order valence-electron chi connectivity index (χ1n) is 10.1. The lowest BCUT2D eigenvalue weighted by atomic mass is 9.87. The Balaban J connectivity index is 1.76. The highest BCUT2D eigenvalue weighted by Crippen LogP contribution is 2.22. The number of benzene rings is 2. The highest BCUT2D eigenvalue weighted by molar-refractivity contribution is 5.97. The molecule has 0 aliphatic carbocycles. The summed E-state index contributed by atoms with van der Waals surface area (Å²) < 4.78 is 4.89. The minimum atomic E-state index is -0.730. The van der Waals surface area contributed by atoms with E-state index in [9.17, 15) is 19.2 Å². The van der Waals surface area contributed by atoms with Crippen LogP contribution in [0, 0.1) is 0 Å². The zero-order chi connectivity index (χ0) is 23.9. The lowest BCUT2D eigenvalue weighted by Gasteiger charge is -2.19. The molecule has 2 rings (SSSR count). The van der Waals surface area contributed by atoms with Crippen LogP contribution < -0.4 is 10.6 Å². The van der Waals surface area contributed by atoms with Crippen LogP contribution >= 0.6 is 0 Å². The first-order chi connectivity index (χ1) is 15.0. The largest absolute Gasteiger partial charge is 0.454 e. The molecule has 0 aromatic heterocycles. The van der Waals surface area contributed by atoms with Gasteiger partial charge in [-0.1, -0.05) is 32.9 Å². The molecule has 0 aliphatic rings. The monoisotopic (exact) mass is 439 g/mol. The van der Waals surface area contributed by atoms with Crippen molar-refractivity contribution in [2.45, 2.75) is 26.2 Å². The zero-order valence-electron chi connectivity index (χ0n) is 19.0. The van der Waals surface area contributed by atoms with Gasteiger partial charge in [0, 0.05) is 30.9 Å². The summed E-state index contributed by atoms with van der Waals surface area (Å²) in [5.41, 5.74) is 2.46. The molecule has 0 bridgehead atoms. The standard InChI is InChI=1S/C24H29N3O5/c1-24(2,3)18-10-6-16(7-11-18)22(30)25-14-21(29)32-15-20(28)26-19-12-8-17(9-13-19)23(31)27(4)5/h6-13H,14-15H2,1-5H3,(H,25,30)(H,26,28). The van der Waals surface area contributed by atoms with Crippen molar-refractivity contribution in [3.05, 3.63) is 65.2 Å². The van der Waals surface area contributed by atoms with Crippen molar-refractivity contribution < 1.29 is 23.9 Å². The lowest BCUT2D eigenvalue weighted by Crippen LogP contribution is -2.32. The second-order valence-corrected chi connectivity index (χ2v) is 8.50. The summed E-state index contributed by atoms with van der Waals surface area (Å²) in [6.45, 7) is 5.39. The number of carbonyl (C=O) groups is 4. The maximum absolute atomic E-state index is 12.2. The highest BCUT2D eigenvalue weighted by Gasteiger charge is 2.15. The Kier molecular flexibility index (Phi) is 8.12. The third kappa shape index (κ3) is 7.23. The van der Waals surface area contributed by atoms with E-state index < -0.39 is 24.4 Å². The number of ether oxygens (including phenoxy) is 1. The average Bonchev–Trinajstić information content (AvgIpc) is 2.75. The molecule has 0 saturated heterocycles. The number of carbonyl (C=O) groups excluding carboxylic acids is 4. The Hall–Kier alpha value is -3.68. The van der Waals surface area contributed by atoms with Crippen molar-refractivity contribution in [2.75, 3.05) is 32.6 Å². The quantitative estimate of drug-likeness (QED) is 0.646. The van der Waals surface area contributed by atoms with Crippen LogP contribution in [0.1, 0.15) is 47.1 Å². The molecule has 8 heteroatoms. The maximum atomic E-state index is 12.2. The molecular formula is C24H29N3O5. The number of anilines is 1. The topological polar surface area (TPSA) is 105 Å². The van der Waals surface area contributed by atoms with Crippen molar-refractivity contribution in [1.29, 1.82) is 0 Å². The van der Waals surface area contributed by atoms with E-state index in [1.54, 1.807) is 50.5 Å². The molecule has 3 amide bonds. The molecule has 0 fully saturated rings. The van der Waals surface area contributed by atoms with Crippen molar-refractivity contribution in [3.8, 4) is 0 Å². The van der Waals surface area contributed by atoms with E-state index >= 15 is 0 Å². The van der Waals surface area contributed by atoms with Gasteiger partial charge >= 0.3 is 5.97 Å². The Morgan fingerprint density at radius 3 is 1.97 bits per heavy atom. The number of hydrogen-bond acceptors (Lipinski definition) is 5. The van der Waals surface area contributed by atoms with Crippen LogP contribution in [-0.2, 0) is 19.7 Å². The molecule has 8 nitrogen and oxygen atoms in total. The minimum absolute atomic E-state index is 0.0227. The van der Waals surface area contributed by atoms with Gasteiger partial charge in [-0.25, -0.2) is 0 Å². The number of rotatable bonds is 7. The van der Waals surface area contributed by atoms with Crippen molar-refractivity contribution in [2.24, 2.45) is 0 Å². The van der Waals surface area contributed by atoms with Crippen molar-refractivity contribution in [1.82, 2.24) is 10.2 Å². The summed E-state index contributed by atoms with van der Waals surface area (Å²) in [7, 11) is 3.30. The number of esters is 1. The van der Waals surface area contributed by atoms with Crippen LogP contribution in [-0.4, -0.2) is 55.8 Å². The van der Waals surface area contributed by atoms with Gasteiger partial charge in [-0.2, -0.15) is 0 Å². The average molecular weight is 440 g/mol. The van der Waals surface area contributed by atoms with Crippen molar-refractivity contribution >= 4 is 29.4 Å². The third-order valence-corrected chi connectivity index (χ3v) is 4.59. The van der Waals surface area contributed by atoms with Gasteiger partial charge in [-0.15, -0.1) is 0 Å². The van der Waals surface area contributed by atoms with E-state index in [0.29, 0.717) is 16.8 Å². The van der Waals surface area contributed by atoms with Gasteiger partial charge in [0.05, 0.1) is 0 Å². The Morgan fingerprint density at radius 2 is 1.44 bits per heavy atom. The fourth-order valence-corrected chi connectivity index (χ4v) is 2.72. The first-order valence-corrected chi connectivity index (χ1v) is 10.1. The molecule has 2 aromatic rings. The molecule has 0 radical (unpaired) electrons. The second kappa shape index (κ2) is 10.6. The highest BCUT2D eigenvalue weighted by atomic mass is 16.5. The normalized spacial score (nSPS) is 10.8. The molecule has 0 saturated carbocycles. The van der Waals surface area contributed by atoms with Gasteiger partial charge in [-0.05, 0) is 47.4 Å². The van der Waals surface area contributed by atoms with E-state index in [4.69, 9.17) is 4.74 Å². The Bertz CT molecular complexity index is 974. The fourth-order valence-electron chi connectivity index (χ4n) is 2.72. The third-order valence-electron chi connectivity index (χ3n) is 4.59. The summed E-state index contributed by atoms with van der Waals surface area (Å²) >= 11 is 0. The summed E-state index contributed by atoms with van der Waals surface area (Å²) in [6.07, 6.45) is 0. The molecule has 0 atom stereocenters. The number of nitrogens with zero attached hydrogens (tertiary/aromatic N) is 1. The molecule has 0 heterocycles. The van der Waals surface area contributed by atoms with Crippen LogP contribution in [0.2, 0.25) is 0 Å². The van der Waals surface area contributed by atoms with Gasteiger partial charge in [0.2, 0.25) is 0 Å². The Labute approximate surface area is 187 Å². The molecule has 0 aliphatic heterocycles. The van der Waals surface area contributed by atoms with Crippen molar-refractivity contribution in [3.63, 3.8) is 0 Å². The van der Waals surface area contributed by atoms with E-state index in [1.165, 1.54) is 4.90 Å². The van der Waals surface area contributed by atoms with Crippen LogP contribution in [0.15, 0.2) is 48.5 Å². The predicted molar refractivity (Wildman–Crippen MR) is 122 cm³/mol. The molecule has 2 aromatic carbocycles.